The lowest BCUT2D eigenvalue weighted by Crippen LogP contribution is -2.54. The molecule has 0 saturated carbocycles. The Hall–Kier alpha value is -3.62. The van der Waals surface area contributed by atoms with Crippen molar-refractivity contribution < 1.29 is 23.5 Å². The fraction of sp³-hybridized carbons (Fsp3) is 0.423. The highest BCUT2D eigenvalue weighted by Gasteiger charge is 2.32. The lowest BCUT2D eigenvalue weighted by atomic mass is 9.94. The van der Waals surface area contributed by atoms with Crippen molar-refractivity contribution in [3.63, 3.8) is 0 Å². The fourth-order valence-electron chi connectivity index (χ4n) is 4.43. The zero-order valence-electron chi connectivity index (χ0n) is 19.7. The summed E-state index contributed by atoms with van der Waals surface area (Å²) in [6.07, 6.45) is 1.61. The Morgan fingerprint density at radius 1 is 0.829 bits per heavy atom. The minimum Gasteiger partial charge on any atom is -0.493 e. The van der Waals surface area contributed by atoms with Gasteiger partial charge in [0.1, 0.15) is 11.6 Å². The number of amides is 4. The maximum absolute atomic E-state index is 13.0. The molecule has 0 radical (unpaired) electrons. The zero-order chi connectivity index (χ0) is 24.6. The van der Waals surface area contributed by atoms with E-state index in [4.69, 9.17) is 4.74 Å². The van der Waals surface area contributed by atoms with Crippen LogP contribution in [0, 0.1) is 11.7 Å². The summed E-state index contributed by atoms with van der Waals surface area (Å²) in [5, 5.41) is 2.76. The summed E-state index contributed by atoms with van der Waals surface area (Å²) >= 11 is 0. The third-order valence-corrected chi connectivity index (χ3v) is 6.50. The SMILES string of the molecule is O=C(CCOc1ccccc1)N1CCC(C(=O)N2CCN(C(=O)Nc3ccc(F)cc3)CC2)CC1. The van der Waals surface area contributed by atoms with Crippen molar-refractivity contribution in [3.05, 3.63) is 60.4 Å². The predicted molar refractivity (Wildman–Crippen MR) is 129 cm³/mol. The summed E-state index contributed by atoms with van der Waals surface area (Å²) in [6.45, 7) is 3.31. The van der Waals surface area contributed by atoms with Gasteiger partial charge in [0.25, 0.3) is 0 Å². The average molecular weight is 483 g/mol. The Balaban J connectivity index is 1.15. The number of urea groups is 1. The number of nitrogens with zero attached hydrogens (tertiary/aromatic N) is 3. The van der Waals surface area contributed by atoms with E-state index in [2.05, 4.69) is 5.32 Å². The first-order valence-corrected chi connectivity index (χ1v) is 12.1. The number of carbonyl (C=O) groups excluding carboxylic acids is 3. The second-order valence-corrected chi connectivity index (χ2v) is 8.82. The van der Waals surface area contributed by atoms with Gasteiger partial charge in [-0.1, -0.05) is 18.2 Å². The highest BCUT2D eigenvalue weighted by atomic mass is 19.1. The average Bonchev–Trinajstić information content (AvgIpc) is 2.90. The van der Waals surface area contributed by atoms with Gasteiger partial charge in [0.2, 0.25) is 11.8 Å². The van der Waals surface area contributed by atoms with Gasteiger partial charge >= 0.3 is 6.03 Å². The highest BCUT2D eigenvalue weighted by Crippen LogP contribution is 2.21. The topological polar surface area (TPSA) is 82.2 Å². The first kappa shape index (κ1) is 24.5. The lowest BCUT2D eigenvalue weighted by molar-refractivity contribution is -0.142. The minimum atomic E-state index is -0.359. The number of para-hydroxylation sites is 1. The van der Waals surface area contributed by atoms with Gasteiger partial charge in [-0.05, 0) is 49.2 Å². The van der Waals surface area contributed by atoms with Crippen molar-refractivity contribution in [1.29, 1.82) is 0 Å². The molecule has 2 aliphatic rings. The third kappa shape index (κ3) is 6.71. The Bertz CT molecular complexity index is 1000. The molecule has 2 aromatic carbocycles. The highest BCUT2D eigenvalue weighted by molar-refractivity contribution is 5.89. The molecular formula is C26H31FN4O4. The second kappa shape index (κ2) is 11.7. The molecule has 0 atom stereocenters. The molecule has 186 valence electrons. The van der Waals surface area contributed by atoms with E-state index < -0.39 is 0 Å². The van der Waals surface area contributed by atoms with Crippen molar-refractivity contribution >= 4 is 23.5 Å². The lowest BCUT2D eigenvalue weighted by Gasteiger charge is -2.38. The van der Waals surface area contributed by atoms with Crippen LogP contribution in [0.3, 0.4) is 0 Å². The number of ether oxygens (including phenoxy) is 1. The van der Waals surface area contributed by atoms with Crippen molar-refractivity contribution in [1.82, 2.24) is 14.7 Å². The summed E-state index contributed by atoms with van der Waals surface area (Å²) < 4.78 is 18.6. The molecule has 2 saturated heterocycles. The largest absolute Gasteiger partial charge is 0.493 e. The maximum Gasteiger partial charge on any atom is 0.321 e. The van der Waals surface area contributed by atoms with Crippen LogP contribution in [0.15, 0.2) is 54.6 Å². The van der Waals surface area contributed by atoms with Crippen LogP contribution in [-0.4, -0.2) is 78.4 Å². The zero-order valence-corrected chi connectivity index (χ0v) is 19.7. The summed E-state index contributed by atoms with van der Waals surface area (Å²) in [5.74, 6) is 0.440. The number of anilines is 1. The number of benzene rings is 2. The smallest absolute Gasteiger partial charge is 0.321 e. The van der Waals surface area contributed by atoms with Crippen LogP contribution in [0.1, 0.15) is 19.3 Å². The quantitative estimate of drug-likeness (QED) is 0.686. The van der Waals surface area contributed by atoms with Gasteiger partial charge in [0.15, 0.2) is 0 Å². The van der Waals surface area contributed by atoms with E-state index in [-0.39, 0.29) is 29.6 Å². The molecule has 2 fully saturated rings. The van der Waals surface area contributed by atoms with E-state index in [1.807, 2.05) is 40.1 Å². The number of carbonyl (C=O) groups is 3. The molecular weight excluding hydrogens is 451 g/mol. The Morgan fingerprint density at radius 3 is 2.11 bits per heavy atom. The van der Waals surface area contributed by atoms with Gasteiger partial charge in [-0.3, -0.25) is 9.59 Å². The van der Waals surface area contributed by atoms with Gasteiger partial charge in [0.05, 0.1) is 13.0 Å². The number of piperazine rings is 1. The molecule has 0 unspecified atom stereocenters. The molecule has 9 heteroatoms. The van der Waals surface area contributed by atoms with Crippen molar-refractivity contribution in [3.8, 4) is 5.75 Å². The van der Waals surface area contributed by atoms with E-state index >= 15 is 0 Å². The summed E-state index contributed by atoms with van der Waals surface area (Å²) in [6, 6.07) is 14.8. The molecule has 35 heavy (non-hydrogen) atoms. The van der Waals surface area contributed by atoms with Crippen LogP contribution in [0.5, 0.6) is 5.75 Å². The number of halogens is 1. The third-order valence-electron chi connectivity index (χ3n) is 6.50. The van der Waals surface area contributed by atoms with E-state index in [1.165, 1.54) is 24.3 Å². The van der Waals surface area contributed by atoms with Crippen LogP contribution < -0.4 is 10.1 Å². The van der Waals surface area contributed by atoms with Crippen molar-refractivity contribution in [2.24, 2.45) is 5.92 Å². The van der Waals surface area contributed by atoms with Crippen molar-refractivity contribution in [2.75, 3.05) is 51.2 Å². The molecule has 0 aromatic heterocycles. The Kier molecular flexibility index (Phi) is 8.18. The molecule has 1 N–H and O–H groups in total. The second-order valence-electron chi connectivity index (χ2n) is 8.82. The summed E-state index contributed by atoms with van der Waals surface area (Å²) in [5.41, 5.74) is 0.530. The molecule has 4 amide bonds. The molecule has 8 nitrogen and oxygen atoms in total. The first-order chi connectivity index (χ1) is 17.0. The Morgan fingerprint density at radius 2 is 1.46 bits per heavy atom. The van der Waals surface area contributed by atoms with Gasteiger partial charge in [0, 0.05) is 50.9 Å². The molecule has 4 rings (SSSR count). The normalized spacial score (nSPS) is 16.7. The molecule has 2 aliphatic heterocycles. The fourth-order valence-corrected chi connectivity index (χ4v) is 4.43. The van der Waals surface area contributed by atoms with Gasteiger partial charge in [-0.15, -0.1) is 0 Å². The summed E-state index contributed by atoms with van der Waals surface area (Å²) in [4.78, 5) is 43.3. The number of hydrogen-bond acceptors (Lipinski definition) is 4. The number of hydrogen-bond donors (Lipinski definition) is 1. The van der Waals surface area contributed by atoms with Crippen LogP contribution >= 0.6 is 0 Å². The monoisotopic (exact) mass is 482 g/mol. The van der Waals surface area contributed by atoms with Crippen LogP contribution in [0.25, 0.3) is 0 Å². The van der Waals surface area contributed by atoms with E-state index in [9.17, 15) is 18.8 Å². The van der Waals surface area contributed by atoms with E-state index in [1.54, 1.807) is 4.90 Å². The molecule has 0 spiro atoms. The van der Waals surface area contributed by atoms with Crippen LogP contribution in [0.2, 0.25) is 0 Å². The van der Waals surface area contributed by atoms with Crippen LogP contribution in [0.4, 0.5) is 14.9 Å². The maximum atomic E-state index is 13.0. The number of likely N-dealkylation sites (tertiary alicyclic amines) is 1. The molecule has 0 bridgehead atoms. The van der Waals surface area contributed by atoms with Gasteiger partial charge < -0.3 is 24.8 Å². The molecule has 2 aromatic rings. The predicted octanol–water partition coefficient (Wildman–Crippen LogP) is 3.21. The van der Waals surface area contributed by atoms with Gasteiger partial charge in [-0.2, -0.15) is 0 Å². The molecule has 2 heterocycles. The first-order valence-electron chi connectivity index (χ1n) is 12.1. The van der Waals surface area contributed by atoms with Gasteiger partial charge in [-0.25, -0.2) is 9.18 Å². The minimum absolute atomic E-state index is 0.0487. The van der Waals surface area contributed by atoms with Crippen molar-refractivity contribution in [2.45, 2.75) is 19.3 Å². The Labute approximate surface area is 204 Å². The summed E-state index contributed by atoms with van der Waals surface area (Å²) in [7, 11) is 0. The standard InChI is InChI=1S/C26H31FN4O4/c27-21-6-8-22(9-7-21)28-26(34)31-17-15-30(16-18-31)25(33)20-10-13-29(14-11-20)24(32)12-19-35-23-4-2-1-3-5-23/h1-9,20H,10-19H2,(H,28,34). The van der Waals surface area contributed by atoms with E-state index in [0.29, 0.717) is 70.8 Å². The van der Waals surface area contributed by atoms with Crippen LogP contribution in [-0.2, 0) is 9.59 Å². The number of rotatable bonds is 6. The van der Waals surface area contributed by atoms with E-state index in [0.717, 1.165) is 5.75 Å². The number of piperidine rings is 1. The number of nitrogens with one attached hydrogen (secondary N) is 1. The molecule has 0 aliphatic carbocycles.